The first-order valence-corrected chi connectivity index (χ1v) is 9.89. The summed E-state index contributed by atoms with van der Waals surface area (Å²) >= 11 is 0. The van der Waals surface area contributed by atoms with Gasteiger partial charge in [-0.3, -0.25) is 4.99 Å². The maximum Gasteiger partial charge on any atom is 0.193 e. The molecule has 1 fully saturated rings. The summed E-state index contributed by atoms with van der Waals surface area (Å²) in [5, 5.41) is 3.49. The first-order chi connectivity index (χ1) is 12.6. The smallest absolute Gasteiger partial charge is 0.193 e. The van der Waals surface area contributed by atoms with Crippen LogP contribution in [0.5, 0.6) is 5.75 Å². The van der Waals surface area contributed by atoms with Crippen LogP contribution in [0, 0.1) is 5.92 Å². The van der Waals surface area contributed by atoms with Crippen molar-refractivity contribution in [2.24, 2.45) is 10.9 Å². The van der Waals surface area contributed by atoms with E-state index in [4.69, 9.17) is 4.74 Å². The van der Waals surface area contributed by atoms with Crippen LogP contribution >= 0.6 is 0 Å². The lowest BCUT2D eigenvalue weighted by molar-refractivity contribution is 0.189. The molecule has 0 spiro atoms. The predicted molar refractivity (Wildman–Crippen MR) is 110 cm³/mol. The van der Waals surface area contributed by atoms with Crippen LogP contribution in [0.3, 0.4) is 0 Å². The van der Waals surface area contributed by atoms with Gasteiger partial charge < -0.3 is 19.9 Å². The first-order valence-electron chi connectivity index (χ1n) is 9.89. The number of nitrogens with zero attached hydrogens (tertiary/aromatic N) is 3. The highest BCUT2D eigenvalue weighted by Crippen LogP contribution is 2.16. The van der Waals surface area contributed by atoms with Crippen molar-refractivity contribution < 1.29 is 4.74 Å². The van der Waals surface area contributed by atoms with Crippen LogP contribution < -0.4 is 10.1 Å². The third-order valence-corrected chi connectivity index (χ3v) is 5.21. The molecule has 0 aromatic heterocycles. The molecule has 0 amide bonds. The first kappa shape index (κ1) is 20.6. The van der Waals surface area contributed by atoms with Crippen LogP contribution in [0.1, 0.15) is 38.2 Å². The number of unbranched alkanes of at least 4 members (excludes halogenated alkanes) is 1. The molecule has 1 aromatic rings. The van der Waals surface area contributed by atoms with Crippen molar-refractivity contribution in [2.75, 3.05) is 47.4 Å². The average Bonchev–Trinajstić information content (AvgIpc) is 2.66. The Hall–Kier alpha value is -1.75. The van der Waals surface area contributed by atoms with Crippen molar-refractivity contribution in [1.82, 2.24) is 15.1 Å². The Kier molecular flexibility index (Phi) is 8.75. The molecule has 0 bridgehead atoms. The molecule has 0 radical (unpaired) electrons. The Morgan fingerprint density at radius 3 is 2.54 bits per heavy atom. The van der Waals surface area contributed by atoms with Crippen LogP contribution in [0.15, 0.2) is 29.3 Å². The minimum absolute atomic E-state index is 0.829. The van der Waals surface area contributed by atoms with Gasteiger partial charge in [0.1, 0.15) is 5.75 Å². The molecular formula is C21H36N4O. The lowest BCUT2D eigenvalue weighted by Gasteiger charge is -2.30. The SMILES string of the molecule is CN=C(NCCCCN1CCC(C)CC1)N(C)Cc1ccc(OC)cc1. The number of guanidine groups is 1. The molecule has 1 heterocycles. The summed E-state index contributed by atoms with van der Waals surface area (Å²) in [5.74, 6) is 2.76. The summed E-state index contributed by atoms with van der Waals surface area (Å²) in [6.07, 6.45) is 5.16. The molecular weight excluding hydrogens is 324 g/mol. The second kappa shape index (κ2) is 11.1. The molecule has 0 aliphatic carbocycles. The van der Waals surface area contributed by atoms with Gasteiger partial charge >= 0.3 is 0 Å². The van der Waals surface area contributed by atoms with Gasteiger partial charge in [0.25, 0.3) is 0 Å². The maximum absolute atomic E-state index is 5.21. The second-order valence-corrected chi connectivity index (χ2v) is 7.41. The van der Waals surface area contributed by atoms with Crippen molar-refractivity contribution in [3.8, 4) is 5.75 Å². The quantitative estimate of drug-likeness (QED) is 0.439. The molecule has 2 rings (SSSR count). The summed E-state index contributed by atoms with van der Waals surface area (Å²) in [4.78, 5) is 9.19. The standard InChI is InChI=1S/C21H36N4O/c1-18-11-15-25(16-12-18)14-6-5-13-23-21(22-2)24(3)17-19-7-9-20(26-4)10-8-19/h7-10,18H,5-6,11-17H2,1-4H3,(H,22,23). The molecule has 0 unspecified atom stereocenters. The molecule has 0 saturated carbocycles. The highest BCUT2D eigenvalue weighted by Gasteiger charge is 2.14. The van der Waals surface area contributed by atoms with Crippen LogP contribution in [0.25, 0.3) is 0 Å². The van der Waals surface area contributed by atoms with Gasteiger partial charge in [0.05, 0.1) is 7.11 Å². The van der Waals surface area contributed by atoms with E-state index >= 15 is 0 Å². The van der Waals surface area contributed by atoms with Crippen molar-refractivity contribution in [3.05, 3.63) is 29.8 Å². The van der Waals surface area contributed by atoms with Crippen molar-refractivity contribution in [3.63, 3.8) is 0 Å². The van der Waals surface area contributed by atoms with E-state index in [1.54, 1.807) is 7.11 Å². The molecule has 1 saturated heterocycles. The minimum atomic E-state index is 0.829. The van der Waals surface area contributed by atoms with Gasteiger partial charge in [-0.1, -0.05) is 19.1 Å². The summed E-state index contributed by atoms with van der Waals surface area (Å²) in [6.45, 7) is 7.96. The Morgan fingerprint density at radius 1 is 1.23 bits per heavy atom. The Labute approximate surface area is 159 Å². The predicted octanol–water partition coefficient (Wildman–Crippen LogP) is 3.21. The Bertz CT molecular complexity index is 535. The number of hydrogen-bond donors (Lipinski definition) is 1. The van der Waals surface area contributed by atoms with Crippen molar-refractivity contribution in [2.45, 2.75) is 39.2 Å². The normalized spacial score (nSPS) is 16.5. The van der Waals surface area contributed by atoms with Gasteiger partial charge in [-0.15, -0.1) is 0 Å². The number of ether oxygens (including phenoxy) is 1. The molecule has 5 nitrogen and oxygen atoms in total. The molecule has 26 heavy (non-hydrogen) atoms. The van der Waals surface area contributed by atoms with Gasteiger partial charge in [0.15, 0.2) is 5.96 Å². The lowest BCUT2D eigenvalue weighted by atomic mass is 9.99. The summed E-state index contributed by atoms with van der Waals surface area (Å²) in [5.41, 5.74) is 1.25. The Morgan fingerprint density at radius 2 is 1.92 bits per heavy atom. The van der Waals surface area contributed by atoms with Gasteiger partial charge in [-0.2, -0.15) is 0 Å². The average molecular weight is 361 g/mol. The molecule has 1 aliphatic rings. The number of likely N-dealkylation sites (tertiary alicyclic amines) is 1. The maximum atomic E-state index is 5.21. The van der Waals surface area contributed by atoms with E-state index in [1.807, 2.05) is 19.2 Å². The second-order valence-electron chi connectivity index (χ2n) is 7.41. The van der Waals surface area contributed by atoms with E-state index in [0.717, 1.165) is 30.7 Å². The number of benzene rings is 1. The van der Waals surface area contributed by atoms with E-state index in [-0.39, 0.29) is 0 Å². The Balaban J connectivity index is 1.64. The zero-order valence-electron chi connectivity index (χ0n) is 17.0. The molecule has 5 heteroatoms. The summed E-state index contributed by atoms with van der Waals surface area (Å²) < 4.78 is 5.21. The van der Waals surface area contributed by atoms with Crippen molar-refractivity contribution in [1.29, 1.82) is 0 Å². The topological polar surface area (TPSA) is 40.1 Å². The van der Waals surface area contributed by atoms with Gasteiger partial charge in [0.2, 0.25) is 0 Å². The number of aliphatic imine (C=N–C) groups is 1. The van der Waals surface area contributed by atoms with E-state index in [1.165, 1.54) is 50.9 Å². The largest absolute Gasteiger partial charge is 0.497 e. The van der Waals surface area contributed by atoms with Crippen molar-refractivity contribution >= 4 is 5.96 Å². The zero-order chi connectivity index (χ0) is 18.8. The molecule has 146 valence electrons. The zero-order valence-corrected chi connectivity index (χ0v) is 17.0. The van der Waals surface area contributed by atoms with E-state index in [9.17, 15) is 0 Å². The molecule has 1 N–H and O–H groups in total. The molecule has 1 aliphatic heterocycles. The van der Waals surface area contributed by atoms with Gasteiger partial charge in [-0.05, 0) is 68.9 Å². The fourth-order valence-electron chi connectivity index (χ4n) is 3.41. The van der Waals surface area contributed by atoms with E-state index in [0.29, 0.717) is 0 Å². The number of methoxy groups -OCH3 is 1. The third kappa shape index (κ3) is 6.87. The fraction of sp³-hybridized carbons (Fsp3) is 0.667. The lowest BCUT2D eigenvalue weighted by Crippen LogP contribution is -2.39. The molecule has 1 aromatic carbocycles. The van der Waals surface area contributed by atoms with E-state index < -0.39 is 0 Å². The summed E-state index contributed by atoms with van der Waals surface area (Å²) in [6, 6.07) is 8.20. The fourth-order valence-corrected chi connectivity index (χ4v) is 3.41. The van der Waals surface area contributed by atoms with Gasteiger partial charge in [0, 0.05) is 27.2 Å². The monoisotopic (exact) mass is 360 g/mol. The van der Waals surface area contributed by atoms with E-state index in [2.05, 4.69) is 46.2 Å². The number of piperidine rings is 1. The molecule has 0 atom stereocenters. The number of hydrogen-bond acceptors (Lipinski definition) is 3. The third-order valence-electron chi connectivity index (χ3n) is 5.21. The van der Waals surface area contributed by atoms with Crippen LogP contribution in [-0.4, -0.2) is 63.1 Å². The summed E-state index contributed by atoms with van der Waals surface area (Å²) in [7, 11) is 5.62. The number of rotatable bonds is 8. The van der Waals surface area contributed by atoms with Gasteiger partial charge in [-0.25, -0.2) is 0 Å². The van der Waals surface area contributed by atoms with Crippen LogP contribution in [0.2, 0.25) is 0 Å². The highest BCUT2D eigenvalue weighted by atomic mass is 16.5. The minimum Gasteiger partial charge on any atom is -0.497 e. The number of nitrogens with one attached hydrogen (secondary N) is 1. The van der Waals surface area contributed by atoms with Crippen LogP contribution in [0.4, 0.5) is 0 Å². The highest BCUT2D eigenvalue weighted by molar-refractivity contribution is 5.79. The van der Waals surface area contributed by atoms with Crippen LogP contribution in [-0.2, 0) is 6.54 Å².